The van der Waals surface area contributed by atoms with Crippen LogP contribution in [0, 0.1) is 0 Å². The van der Waals surface area contributed by atoms with Crippen LogP contribution in [0.1, 0.15) is 132 Å². The third-order valence-corrected chi connectivity index (χ3v) is 19.7. The van der Waals surface area contributed by atoms with E-state index < -0.39 is 72.2 Å². The minimum atomic E-state index is -5.93. The minimum absolute atomic E-state index is 0.00249. The second-order valence-electron chi connectivity index (χ2n) is 22.9. The van der Waals surface area contributed by atoms with Crippen LogP contribution in [0.25, 0.3) is 16.7 Å². The lowest BCUT2D eigenvalue weighted by molar-refractivity contribution is -0.121. The van der Waals surface area contributed by atoms with E-state index in [1.807, 2.05) is 24.3 Å². The molecule has 1 saturated heterocycles. The number of imidazole rings is 1. The summed E-state index contributed by atoms with van der Waals surface area (Å²) in [7, 11) is -15.7. The molecular formula is C54H72N10O18P3+. The summed E-state index contributed by atoms with van der Waals surface area (Å²) in [5.41, 5.74) is 11.0. The van der Waals surface area contributed by atoms with Gasteiger partial charge in [0, 0.05) is 90.8 Å². The van der Waals surface area contributed by atoms with E-state index in [-0.39, 0.29) is 78.4 Å². The molecule has 10 N–H and O–H groups in total. The zero-order valence-corrected chi connectivity index (χ0v) is 51.1. The molecule has 4 unspecified atom stereocenters. The Hall–Kier alpha value is -6.38. The summed E-state index contributed by atoms with van der Waals surface area (Å²) < 4.78 is 69.6. The first-order chi connectivity index (χ1) is 39.8. The predicted molar refractivity (Wildman–Crippen MR) is 309 cm³/mol. The van der Waals surface area contributed by atoms with Crippen molar-refractivity contribution in [3.05, 3.63) is 104 Å². The van der Waals surface area contributed by atoms with Crippen molar-refractivity contribution < 1.29 is 80.1 Å². The topological polar surface area (TPSA) is 382 Å². The maximum Gasteiger partial charge on any atom is 0.490 e. The largest absolute Gasteiger partial charge is 0.490 e. The Balaban J connectivity index is 0.864. The fourth-order valence-corrected chi connectivity index (χ4v) is 15.5. The van der Waals surface area contributed by atoms with Gasteiger partial charge in [0.05, 0.1) is 19.0 Å². The number of aromatic nitrogens is 4. The van der Waals surface area contributed by atoms with E-state index in [1.165, 1.54) is 11.1 Å². The van der Waals surface area contributed by atoms with Gasteiger partial charge < -0.3 is 65.1 Å². The third kappa shape index (κ3) is 13.3. The van der Waals surface area contributed by atoms with E-state index in [0.717, 1.165) is 69.8 Å². The van der Waals surface area contributed by atoms with Gasteiger partial charge in [-0.15, -0.1) is 0 Å². The minimum Gasteiger partial charge on any atom is -0.456 e. The van der Waals surface area contributed by atoms with Crippen LogP contribution in [0.2, 0.25) is 0 Å². The van der Waals surface area contributed by atoms with E-state index in [1.54, 1.807) is 11.9 Å². The van der Waals surface area contributed by atoms with Crippen LogP contribution >= 0.6 is 23.5 Å². The number of carbonyl (C=O) groups is 3. The number of amides is 3. The monoisotopic (exact) mass is 1240 g/mol. The van der Waals surface area contributed by atoms with Crippen LogP contribution < -0.4 is 46.7 Å². The normalized spacial score (nSPS) is 22.7. The number of alkyl carbamates (subject to hydrolysis) is 1. The van der Waals surface area contributed by atoms with Gasteiger partial charge >= 0.3 is 29.6 Å². The number of benzene rings is 3. The summed E-state index contributed by atoms with van der Waals surface area (Å²) in [6, 6.07) is 16.5. The van der Waals surface area contributed by atoms with Crippen molar-refractivity contribution in [3.8, 4) is 11.5 Å². The second-order valence-corrected chi connectivity index (χ2v) is 27.3. The Morgan fingerprint density at radius 1 is 0.929 bits per heavy atom. The quantitative estimate of drug-likeness (QED) is 0.0292. The van der Waals surface area contributed by atoms with E-state index in [0.29, 0.717) is 17.1 Å². The number of aliphatic hydroxyl groups is 1. The third-order valence-electron chi connectivity index (χ3n) is 15.8. The molecule has 6 heterocycles. The number of ether oxygens (including phenoxy) is 3. The zero-order valence-electron chi connectivity index (χ0n) is 48.4. The number of rotatable bonds is 20. The number of nitrogens with two attached hydrogens (primary N) is 1. The van der Waals surface area contributed by atoms with Gasteiger partial charge in [0.15, 0.2) is 29.0 Å². The standard InChI is InChI=1S/C54H71N10O18P3/c1-10-63-37-23-39-35(21-33(37)29(3)25-53(63,5)6)43(36-22-34-30(4)26-54(7,8)64(11-2)38(34)24-40(36)78-39)31-15-12-13-16-32(31)49(68)61(9)20-14-17-42(65)56-18-19-57-52(69)80-46-41(27-77-84(73,74)82-85(75,76)81-83(70,71)72)79-50(45(46)66)62-28-58-44-47(62)59-51(55)60-48(44)67/h12-13,15-16,21-24,28-30,41,45-46,50,66H,10-11,14,17-20,25-27H2,1-9H3,(H8-,55,56,57,59,60,65,67,69,70,71,72,73,74,75,76)/p+1/t29?,30?,41-,45-,46-,50-/m1/s1. The SMILES string of the molecule is CCN1c2cc3c(cc2C(C)CC1(C)C)C(c1ccccc1C(=O)N(C)CCCC(=O)NCCNC(=O)O[C@H]1[C@@H](O)[C@H](n2cnc4c(=O)[nH]c(N)nc42)O[C@@H]1COP(=O)(O)OP(=O)(O)OP(=O)(O)O)=c1cc2c(cc1O3)=[N+](CC)C(C)(C)CC2C. The average molecular weight is 1240 g/mol. The Kier molecular flexibility index (Phi) is 17.9. The van der Waals surface area contributed by atoms with E-state index in [4.69, 9.17) is 34.3 Å². The van der Waals surface area contributed by atoms with Crippen LogP contribution in [0.15, 0.2) is 59.7 Å². The number of aromatic amines is 1. The average Bonchev–Trinajstić information content (AvgIpc) is 1.39. The molecule has 31 heteroatoms. The second kappa shape index (κ2) is 24.1. The van der Waals surface area contributed by atoms with Crippen LogP contribution in [0.5, 0.6) is 11.5 Å². The maximum atomic E-state index is 14.7. The number of carbonyl (C=O) groups excluding carboxylic acids is 3. The molecule has 2 aromatic heterocycles. The molecule has 4 aliphatic rings. The molecule has 1 fully saturated rings. The van der Waals surface area contributed by atoms with Crippen molar-refractivity contribution in [2.24, 2.45) is 0 Å². The molecule has 0 radical (unpaired) electrons. The summed E-state index contributed by atoms with van der Waals surface area (Å²) in [6.45, 7) is 18.4. The summed E-state index contributed by atoms with van der Waals surface area (Å²) in [5, 5.41) is 18.5. The smallest absolute Gasteiger partial charge is 0.456 e. The molecule has 0 bridgehead atoms. The number of fused-ring (bicyclic) bond motifs is 5. The Morgan fingerprint density at radius 2 is 1.64 bits per heavy atom. The highest BCUT2D eigenvalue weighted by Crippen LogP contribution is 2.66. The van der Waals surface area contributed by atoms with Crippen molar-refractivity contribution in [1.82, 2.24) is 39.6 Å². The number of nitrogens with zero attached hydrogens (tertiary/aromatic N) is 6. The number of hydrogen-bond acceptors (Lipinski definition) is 18. The molecule has 28 nitrogen and oxygen atoms in total. The number of phosphoric ester groups is 1. The fraction of sp³-hybridized carbons (Fsp3) is 0.500. The lowest BCUT2D eigenvalue weighted by Gasteiger charge is -2.47. The molecule has 85 heavy (non-hydrogen) atoms. The molecule has 5 aromatic rings. The summed E-state index contributed by atoms with van der Waals surface area (Å²) in [4.78, 5) is 105. The van der Waals surface area contributed by atoms with Crippen molar-refractivity contribution in [2.45, 2.75) is 129 Å². The number of nitrogen functional groups attached to an aromatic ring is 1. The Labute approximate surface area is 488 Å². The number of phosphoric acid groups is 3. The van der Waals surface area contributed by atoms with Crippen molar-refractivity contribution in [3.63, 3.8) is 0 Å². The van der Waals surface area contributed by atoms with E-state index in [9.17, 15) is 47.8 Å². The molecule has 4 aliphatic heterocycles. The first-order valence-electron chi connectivity index (χ1n) is 27.7. The molecule has 8 atom stereocenters. The predicted octanol–water partition coefficient (Wildman–Crippen LogP) is 4.33. The van der Waals surface area contributed by atoms with E-state index in [2.05, 4.69) is 123 Å². The van der Waals surface area contributed by atoms with Crippen LogP contribution in [0.4, 0.5) is 16.4 Å². The molecule has 460 valence electrons. The van der Waals surface area contributed by atoms with Gasteiger partial charge in [-0.1, -0.05) is 32.0 Å². The van der Waals surface area contributed by atoms with Gasteiger partial charge in [-0.2, -0.15) is 13.6 Å². The first kappa shape index (κ1) is 63.1. The van der Waals surface area contributed by atoms with Crippen molar-refractivity contribution in [1.29, 1.82) is 0 Å². The van der Waals surface area contributed by atoms with Crippen molar-refractivity contribution >= 4 is 69.7 Å². The molecule has 0 aliphatic carbocycles. The van der Waals surface area contributed by atoms with Crippen LogP contribution in [-0.2, 0) is 41.1 Å². The van der Waals surface area contributed by atoms with Gasteiger partial charge in [-0.25, -0.2) is 28.0 Å². The Bertz CT molecular complexity index is 3810. The van der Waals surface area contributed by atoms with Gasteiger partial charge in [0.25, 0.3) is 11.5 Å². The highest BCUT2D eigenvalue weighted by atomic mass is 31.3. The number of H-pyrrole nitrogens is 1. The van der Waals surface area contributed by atoms with Crippen LogP contribution in [0.3, 0.4) is 0 Å². The van der Waals surface area contributed by atoms with Gasteiger partial charge in [-0.05, 0) is 95.5 Å². The van der Waals surface area contributed by atoms with E-state index >= 15 is 0 Å². The molecule has 0 saturated carbocycles. The lowest BCUT2D eigenvalue weighted by Crippen LogP contribution is -2.52. The molecular weight excluding hydrogens is 1170 g/mol. The number of hydrogen-bond donors (Lipinski definition) is 9. The number of nitrogens with one attached hydrogen (secondary N) is 3. The van der Waals surface area contributed by atoms with Gasteiger partial charge in [-0.3, -0.25) is 28.5 Å². The molecule has 3 amide bonds. The zero-order chi connectivity index (χ0) is 61.9. The Morgan fingerprint density at radius 3 is 2.34 bits per heavy atom. The highest BCUT2D eigenvalue weighted by molar-refractivity contribution is 7.66. The molecule has 3 aromatic carbocycles. The molecule has 9 rings (SSSR count). The van der Waals surface area contributed by atoms with Gasteiger partial charge in [0.1, 0.15) is 30.3 Å². The number of anilines is 2. The fourth-order valence-electron chi connectivity index (χ4n) is 12.5. The first-order valence-corrected chi connectivity index (χ1v) is 32.2. The number of aliphatic hydroxyl groups excluding tert-OH is 1. The summed E-state index contributed by atoms with van der Waals surface area (Å²) >= 11 is 0. The van der Waals surface area contributed by atoms with Crippen molar-refractivity contribution in [2.75, 3.05) is 57.0 Å². The maximum absolute atomic E-state index is 14.7. The van der Waals surface area contributed by atoms with Crippen LogP contribution in [-0.4, -0.2) is 143 Å². The molecule has 0 spiro atoms. The highest BCUT2D eigenvalue weighted by Gasteiger charge is 2.50. The summed E-state index contributed by atoms with van der Waals surface area (Å²) in [5.74, 6) is 0.937. The van der Waals surface area contributed by atoms with Gasteiger partial charge in [0.2, 0.25) is 17.2 Å². The summed E-state index contributed by atoms with van der Waals surface area (Å²) in [6.07, 6.45) is -4.98. The lowest BCUT2D eigenvalue weighted by atomic mass is 9.77.